The van der Waals surface area contributed by atoms with Gasteiger partial charge >= 0.3 is 6.01 Å². The minimum atomic E-state index is 0.318. The van der Waals surface area contributed by atoms with E-state index in [-0.39, 0.29) is 0 Å². The molecule has 1 unspecified atom stereocenters. The number of rotatable bonds is 7. The third-order valence-corrected chi connectivity index (χ3v) is 2.90. The molecule has 1 saturated heterocycles. The molecule has 1 atom stereocenters. The topological polar surface area (TPSA) is 81.2 Å². The standard InChI is InChI=1S/C12H21N5O2/c1-3-5-13-10-15-11(17-12(16-10)18-2)14-7-9-4-6-19-8-9/h9H,3-8H2,1-2H3,(H2,13,14,15,16,17). The first-order valence-electron chi connectivity index (χ1n) is 6.67. The Balaban J connectivity index is 1.96. The first-order valence-corrected chi connectivity index (χ1v) is 6.67. The summed E-state index contributed by atoms with van der Waals surface area (Å²) in [5.41, 5.74) is 0. The van der Waals surface area contributed by atoms with Gasteiger partial charge in [-0.05, 0) is 12.8 Å². The molecule has 1 aromatic rings. The van der Waals surface area contributed by atoms with E-state index in [4.69, 9.17) is 9.47 Å². The van der Waals surface area contributed by atoms with Gasteiger partial charge in [0.05, 0.1) is 13.7 Å². The van der Waals surface area contributed by atoms with Gasteiger partial charge in [0.2, 0.25) is 11.9 Å². The van der Waals surface area contributed by atoms with Crippen molar-refractivity contribution in [1.29, 1.82) is 0 Å². The summed E-state index contributed by atoms with van der Waals surface area (Å²) in [7, 11) is 1.55. The Morgan fingerprint density at radius 1 is 1.26 bits per heavy atom. The van der Waals surface area contributed by atoms with Crippen LogP contribution < -0.4 is 15.4 Å². The van der Waals surface area contributed by atoms with Crippen LogP contribution in [0.4, 0.5) is 11.9 Å². The zero-order valence-electron chi connectivity index (χ0n) is 11.5. The van der Waals surface area contributed by atoms with E-state index in [9.17, 15) is 0 Å². The van der Waals surface area contributed by atoms with E-state index in [0.717, 1.165) is 39.1 Å². The van der Waals surface area contributed by atoms with Crippen LogP contribution in [0.25, 0.3) is 0 Å². The number of nitrogens with one attached hydrogen (secondary N) is 2. The third kappa shape index (κ3) is 4.20. The van der Waals surface area contributed by atoms with E-state index in [1.165, 1.54) is 0 Å². The fourth-order valence-corrected chi connectivity index (χ4v) is 1.82. The van der Waals surface area contributed by atoms with Gasteiger partial charge in [-0.3, -0.25) is 0 Å². The first-order chi connectivity index (χ1) is 9.31. The molecule has 0 spiro atoms. The van der Waals surface area contributed by atoms with E-state index in [0.29, 0.717) is 23.8 Å². The minimum absolute atomic E-state index is 0.318. The van der Waals surface area contributed by atoms with Crippen molar-refractivity contribution in [2.24, 2.45) is 5.92 Å². The number of ether oxygens (including phenoxy) is 2. The van der Waals surface area contributed by atoms with Crippen LogP contribution in [-0.4, -0.2) is 48.4 Å². The smallest absolute Gasteiger partial charge is 0.322 e. The fourth-order valence-electron chi connectivity index (χ4n) is 1.82. The van der Waals surface area contributed by atoms with Gasteiger partial charge in [0.1, 0.15) is 0 Å². The molecule has 7 heteroatoms. The normalized spacial score (nSPS) is 18.3. The minimum Gasteiger partial charge on any atom is -0.467 e. The number of nitrogens with zero attached hydrogens (tertiary/aromatic N) is 3. The first kappa shape index (κ1) is 13.8. The number of methoxy groups -OCH3 is 1. The largest absolute Gasteiger partial charge is 0.467 e. The summed E-state index contributed by atoms with van der Waals surface area (Å²) in [6.45, 7) is 5.36. The molecule has 106 valence electrons. The third-order valence-electron chi connectivity index (χ3n) is 2.90. The predicted octanol–water partition coefficient (Wildman–Crippen LogP) is 1.15. The molecule has 1 fully saturated rings. The molecule has 2 N–H and O–H groups in total. The van der Waals surface area contributed by atoms with Crippen molar-refractivity contribution in [2.45, 2.75) is 19.8 Å². The predicted molar refractivity (Wildman–Crippen MR) is 72.6 cm³/mol. The van der Waals surface area contributed by atoms with E-state index < -0.39 is 0 Å². The molecule has 19 heavy (non-hydrogen) atoms. The highest BCUT2D eigenvalue weighted by molar-refractivity contribution is 5.35. The van der Waals surface area contributed by atoms with E-state index in [1.54, 1.807) is 7.11 Å². The molecule has 1 aromatic heterocycles. The Morgan fingerprint density at radius 3 is 2.68 bits per heavy atom. The molecule has 0 aromatic carbocycles. The SMILES string of the molecule is CCCNc1nc(NCC2CCOC2)nc(OC)n1. The van der Waals surface area contributed by atoms with Gasteiger partial charge in [0.15, 0.2) is 0 Å². The van der Waals surface area contributed by atoms with Crippen LogP contribution in [0.5, 0.6) is 6.01 Å². The summed E-state index contributed by atoms with van der Waals surface area (Å²) in [6, 6.07) is 0.318. The number of anilines is 2. The average molecular weight is 267 g/mol. The van der Waals surface area contributed by atoms with E-state index >= 15 is 0 Å². The summed E-state index contributed by atoms with van der Waals surface area (Å²) < 4.78 is 10.4. The Labute approximate surface area is 113 Å². The Kier molecular flexibility index (Phi) is 5.14. The second-order valence-electron chi connectivity index (χ2n) is 4.51. The van der Waals surface area contributed by atoms with Crippen molar-refractivity contribution in [2.75, 3.05) is 44.0 Å². The van der Waals surface area contributed by atoms with Crippen LogP contribution in [0.2, 0.25) is 0 Å². The Morgan fingerprint density at radius 2 is 2.05 bits per heavy atom. The summed E-state index contributed by atoms with van der Waals surface area (Å²) in [5, 5.41) is 6.35. The van der Waals surface area contributed by atoms with Crippen LogP contribution in [0.15, 0.2) is 0 Å². The highest BCUT2D eigenvalue weighted by atomic mass is 16.5. The van der Waals surface area contributed by atoms with Crippen LogP contribution >= 0.6 is 0 Å². The molecule has 1 aliphatic rings. The number of hydrogen-bond donors (Lipinski definition) is 2. The van der Waals surface area contributed by atoms with Crippen molar-refractivity contribution < 1.29 is 9.47 Å². The van der Waals surface area contributed by atoms with Crippen LogP contribution in [-0.2, 0) is 4.74 Å². The lowest BCUT2D eigenvalue weighted by Crippen LogP contribution is -2.17. The van der Waals surface area contributed by atoms with Gasteiger partial charge in [-0.25, -0.2) is 0 Å². The lowest BCUT2D eigenvalue weighted by molar-refractivity contribution is 0.187. The van der Waals surface area contributed by atoms with Crippen molar-refractivity contribution >= 4 is 11.9 Å². The lowest BCUT2D eigenvalue weighted by Gasteiger charge is -2.11. The van der Waals surface area contributed by atoms with Crippen molar-refractivity contribution in [3.63, 3.8) is 0 Å². The quantitative estimate of drug-likeness (QED) is 0.767. The van der Waals surface area contributed by atoms with Crippen LogP contribution in [0.3, 0.4) is 0 Å². The highest BCUT2D eigenvalue weighted by Crippen LogP contribution is 2.15. The summed E-state index contributed by atoms with van der Waals surface area (Å²) in [4.78, 5) is 12.6. The van der Waals surface area contributed by atoms with Crippen LogP contribution in [0.1, 0.15) is 19.8 Å². The Hall–Kier alpha value is -1.63. The molecule has 0 bridgehead atoms. The van der Waals surface area contributed by atoms with Gasteiger partial charge in [-0.1, -0.05) is 6.92 Å². The van der Waals surface area contributed by atoms with Gasteiger partial charge in [0.25, 0.3) is 0 Å². The van der Waals surface area contributed by atoms with Crippen LogP contribution in [0, 0.1) is 5.92 Å². The fraction of sp³-hybridized carbons (Fsp3) is 0.750. The van der Waals surface area contributed by atoms with Gasteiger partial charge < -0.3 is 20.1 Å². The second-order valence-corrected chi connectivity index (χ2v) is 4.51. The molecule has 2 rings (SSSR count). The molecule has 0 radical (unpaired) electrons. The average Bonchev–Trinajstić information content (AvgIpc) is 2.96. The Bertz CT molecular complexity index is 396. The highest BCUT2D eigenvalue weighted by Gasteiger charge is 2.16. The lowest BCUT2D eigenvalue weighted by atomic mass is 10.1. The summed E-state index contributed by atoms with van der Waals surface area (Å²) >= 11 is 0. The monoisotopic (exact) mass is 267 g/mol. The van der Waals surface area contributed by atoms with Crippen molar-refractivity contribution in [3.05, 3.63) is 0 Å². The van der Waals surface area contributed by atoms with Crippen molar-refractivity contribution in [1.82, 2.24) is 15.0 Å². The van der Waals surface area contributed by atoms with Crippen molar-refractivity contribution in [3.8, 4) is 6.01 Å². The number of aromatic nitrogens is 3. The molecule has 1 aliphatic heterocycles. The van der Waals surface area contributed by atoms with Gasteiger partial charge in [0, 0.05) is 25.6 Å². The van der Waals surface area contributed by atoms with E-state index in [2.05, 4.69) is 32.5 Å². The molecule has 0 amide bonds. The molecular weight excluding hydrogens is 246 g/mol. The zero-order valence-corrected chi connectivity index (χ0v) is 11.5. The maximum atomic E-state index is 5.34. The molecule has 2 heterocycles. The molecule has 0 saturated carbocycles. The zero-order chi connectivity index (χ0) is 13.5. The molecular formula is C12H21N5O2. The summed E-state index contributed by atoms with van der Waals surface area (Å²) in [5.74, 6) is 1.60. The van der Waals surface area contributed by atoms with E-state index in [1.807, 2.05) is 0 Å². The van der Waals surface area contributed by atoms with Gasteiger partial charge in [-0.2, -0.15) is 15.0 Å². The van der Waals surface area contributed by atoms with Gasteiger partial charge in [-0.15, -0.1) is 0 Å². The number of hydrogen-bond acceptors (Lipinski definition) is 7. The molecule has 7 nitrogen and oxygen atoms in total. The maximum Gasteiger partial charge on any atom is 0.322 e. The second kappa shape index (κ2) is 7.08. The summed E-state index contributed by atoms with van der Waals surface area (Å²) in [6.07, 6.45) is 2.09. The molecule has 0 aliphatic carbocycles. The maximum absolute atomic E-state index is 5.34.